The number of allylic oxidation sites excluding steroid dienone is 8. The summed E-state index contributed by atoms with van der Waals surface area (Å²) in [6.07, 6.45) is 41.6. The van der Waals surface area contributed by atoms with Gasteiger partial charge in [0.05, 0.1) is 25.4 Å². The molecule has 380 valence electrons. The summed E-state index contributed by atoms with van der Waals surface area (Å²) in [6.45, 7) is 3.41. The van der Waals surface area contributed by atoms with Gasteiger partial charge >= 0.3 is 0 Å². The van der Waals surface area contributed by atoms with Crippen LogP contribution in [-0.2, 0) is 14.3 Å². The number of unbranched alkanes of at least 4 members (excludes halogenated alkanes) is 24. The summed E-state index contributed by atoms with van der Waals surface area (Å²) in [4.78, 5) is 13.1. The number of aliphatic hydroxyl groups is 7. The number of amides is 1. The van der Waals surface area contributed by atoms with E-state index < -0.39 is 74.2 Å². The van der Waals surface area contributed by atoms with Crippen molar-refractivity contribution in [2.75, 3.05) is 13.2 Å². The number of hydrogen-bond donors (Lipinski definition) is 8. The first-order valence-corrected chi connectivity index (χ1v) is 26.5. The van der Waals surface area contributed by atoms with Gasteiger partial charge in [-0.05, 0) is 89.9 Å². The molecule has 0 bridgehead atoms. The molecule has 9 atom stereocenters. The van der Waals surface area contributed by atoms with E-state index in [1.54, 1.807) is 0 Å². The van der Waals surface area contributed by atoms with Crippen molar-refractivity contribution in [2.24, 2.45) is 0 Å². The van der Waals surface area contributed by atoms with Gasteiger partial charge in [0.2, 0.25) is 5.91 Å². The number of hydrogen-bond acceptors (Lipinski definition) is 10. The first-order chi connectivity index (χ1) is 31.7. The maximum Gasteiger partial charge on any atom is 0.249 e. The van der Waals surface area contributed by atoms with Crippen molar-refractivity contribution in [3.8, 4) is 0 Å². The van der Waals surface area contributed by atoms with Crippen LogP contribution in [-0.4, -0.2) is 110 Å². The second-order valence-corrected chi connectivity index (χ2v) is 18.6. The summed E-state index contributed by atoms with van der Waals surface area (Å²) in [5.41, 5.74) is 0. The topological polar surface area (TPSA) is 189 Å². The van der Waals surface area contributed by atoms with E-state index in [4.69, 9.17) is 9.47 Å². The van der Waals surface area contributed by atoms with E-state index >= 15 is 0 Å². The van der Waals surface area contributed by atoms with Crippen LogP contribution in [0.2, 0.25) is 0 Å². The molecule has 9 unspecified atom stereocenters. The van der Waals surface area contributed by atoms with Crippen molar-refractivity contribution in [3.05, 3.63) is 48.6 Å². The SMILES string of the molecule is CCCCCC/C=C\CCCCCCCCC(O)C(=O)NC(COC1OC(CO)C(O)C(O)C1O)C(O)C(O)CCC/C=C/CC/C=C/CC/C=C/CCCCCCCCCCCCC. The lowest BCUT2D eigenvalue weighted by molar-refractivity contribution is -0.303. The summed E-state index contributed by atoms with van der Waals surface area (Å²) in [6, 6.07) is -1.20. The first-order valence-electron chi connectivity index (χ1n) is 26.5. The van der Waals surface area contributed by atoms with Gasteiger partial charge in [-0.15, -0.1) is 0 Å². The number of carbonyl (C=O) groups excluding carboxylic acids is 1. The van der Waals surface area contributed by atoms with Gasteiger partial charge in [0.15, 0.2) is 6.29 Å². The number of ether oxygens (including phenoxy) is 2. The molecule has 1 heterocycles. The van der Waals surface area contributed by atoms with Crippen molar-refractivity contribution < 1.29 is 50.0 Å². The Balaban J connectivity index is 2.40. The molecule has 1 saturated heterocycles. The molecular formula is C54H99NO10. The molecule has 0 aliphatic carbocycles. The van der Waals surface area contributed by atoms with Gasteiger partial charge in [-0.1, -0.05) is 178 Å². The summed E-state index contributed by atoms with van der Waals surface area (Å²) in [7, 11) is 0. The predicted octanol–water partition coefficient (Wildman–Crippen LogP) is 10.1. The predicted molar refractivity (Wildman–Crippen MR) is 265 cm³/mol. The monoisotopic (exact) mass is 922 g/mol. The second-order valence-electron chi connectivity index (χ2n) is 18.6. The zero-order valence-corrected chi connectivity index (χ0v) is 41.2. The standard InChI is InChI=1S/C54H99NO10/c1-3-5-7-9-11-13-15-17-19-20-21-22-23-24-25-26-27-28-30-31-33-35-37-39-41-46(57)49(59)45(44-64-54-52(62)51(61)50(60)48(43-56)65-54)55-53(63)47(58)42-40-38-36-34-32-29-18-16-14-12-10-8-6-4-2/h14,16,23-24,27-28,33,35,45-52,54,56-62H,3-13,15,17-22,25-26,29-32,34,36-44H2,1-2H3,(H,55,63)/b16-14-,24-23+,28-27+,35-33+. The van der Waals surface area contributed by atoms with Crippen LogP contribution in [0.25, 0.3) is 0 Å². The van der Waals surface area contributed by atoms with Crippen molar-refractivity contribution in [1.29, 1.82) is 0 Å². The molecule has 1 amide bonds. The third-order valence-corrected chi connectivity index (χ3v) is 12.6. The summed E-state index contributed by atoms with van der Waals surface area (Å²) >= 11 is 0. The van der Waals surface area contributed by atoms with Crippen molar-refractivity contribution in [2.45, 2.75) is 274 Å². The largest absolute Gasteiger partial charge is 0.394 e. The molecule has 11 nitrogen and oxygen atoms in total. The van der Waals surface area contributed by atoms with Crippen molar-refractivity contribution in [3.63, 3.8) is 0 Å². The number of nitrogens with one attached hydrogen (secondary N) is 1. The van der Waals surface area contributed by atoms with Crippen LogP contribution < -0.4 is 5.32 Å². The minimum Gasteiger partial charge on any atom is -0.394 e. The highest BCUT2D eigenvalue weighted by molar-refractivity contribution is 5.80. The molecule has 0 saturated carbocycles. The molecule has 0 aromatic rings. The third-order valence-electron chi connectivity index (χ3n) is 12.6. The van der Waals surface area contributed by atoms with Crippen molar-refractivity contribution in [1.82, 2.24) is 5.32 Å². The Morgan fingerprint density at radius 1 is 0.523 bits per heavy atom. The fraction of sp³-hybridized carbons (Fsp3) is 0.833. The minimum atomic E-state index is -1.67. The number of carbonyl (C=O) groups is 1. The van der Waals surface area contributed by atoms with E-state index in [1.165, 1.54) is 103 Å². The lowest BCUT2D eigenvalue weighted by Crippen LogP contribution is -2.60. The summed E-state index contributed by atoms with van der Waals surface area (Å²) in [5.74, 6) is -0.719. The average molecular weight is 922 g/mol. The highest BCUT2D eigenvalue weighted by Gasteiger charge is 2.44. The maximum absolute atomic E-state index is 13.1. The van der Waals surface area contributed by atoms with E-state index in [0.29, 0.717) is 19.3 Å². The van der Waals surface area contributed by atoms with E-state index in [0.717, 1.165) is 70.6 Å². The molecule has 65 heavy (non-hydrogen) atoms. The van der Waals surface area contributed by atoms with Crippen LogP contribution in [0.15, 0.2) is 48.6 Å². The molecule has 1 fully saturated rings. The Morgan fingerprint density at radius 3 is 1.38 bits per heavy atom. The summed E-state index contributed by atoms with van der Waals surface area (Å²) in [5, 5.41) is 75.8. The Kier molecular flexibility index (Phi) is 40.7. The van der Waals surface area contributed by atoms with Gasteiger partial charge < -0.3 is 50.5 Å². The lowest BCUT2D eigenvalue weighted by Gasteiger charge is -2.40. The highest BCUT2D eigenvalue weighted by atomic mass is 16.7. The van der Waals surface area contributed by atoms with Crippen LogP contribution in [0, 0.1) is 0 Å². The van der Waals surface area contributed by atoms with E-state index in [9.17, 15) is 40.5 Å². The Bertz CT molecular complexity index is 1190. The third kappa shape index (κ3) is 32.5. The zero-order valence-electron chi connectivity index (χ0n) is 41.2. The normalized spacial score (nSPS) is 21.3. The van der Waals surface area contributed by atoms with Crippen LogP contribution in [0.3, 0.4) is 0 Å². The van der Waals surface area contributed by atoms with Crippen molar-refractivity contribution >= 4 is 5.91 Å². The fourth-order valence-electron chi connectivity index (χ4n) is 8.17. The van der Waals surface area contributed by atoms with Gasteiger partial charge in [-0.25, -0.2) is 0 Å². The second kappa shape index (κ2) is 43.4. The molecule has 0 aromatic heterocycles. The van der Waals surface area contributed by atoms with Crippen LogP contribution >= 0.6 is 0 Å². The molecule has 11 heteroatoms. The van der Waals surface area contributed by atoms with Crippen LogP contribution in [0.1, 0.15) is 219 Å². The van der Waals surface area contributed by atoms with Gasteiger partial charge in [-0.2, -0.15) is 0 Å². The average Bonchev–Trinajstić information content (AvgIpc) is 3.31. The van der Waals surface area contributed by atoms with E-state index in [1.807, 2.05) is 0 Å². The first kappa shape index (κ1) is 61.1. The Labute approximate surface area is 396 Å². The maximum atomic E-state index is 13.1. The molecule has 0 spiro atoms. The van der Waals surface area contributed by atoms with Gasteiger partial charge in [-0.3, -0.25) is 4.79 Å². The number of rotatable bonds is 44. The van der Waals surface area contributed by atoms with Gasteiger partial charge in [0.1, 0.15) is 36.6 Å². The molecule has 1 aliphatic heterocycles. The summed E-state index contributed by atoms with van der Waals surface area (Å²) < 4.78 is 11.1. The van der Waals surface area contributed by atoms with E-state index in [2.05, 4.69) is 67.8 Å². The smallest absolute Gasteiger partial charge is 0.249 e. The molecule has 1 rings (SSSR count). The molecule has 0 aromatic carbocycles. The highest BCUT2D eigenvalue weighted by Crippen LogP contribution is 2.23. The van der Waals surface area contributed by atoms with Gasteiger partial charge in [0, 0.05) is 0 Å². The van der Waals surface area contributed by atoms with Crippen LogP contribution in [0.5, 0.6) is 0 Å². The van der Waals surface area contributed by atoms with E-state index in [-0.39, 0.29) is 12.8 Å². The Hall–Kier alpha value is -1.93. The molecule has 1 aliphatic rings. The Morgan fingerprint density at radius 2 is 0.923 bits per heavy atom. The molecule has 0 radical (unpaired) electrons. The minimum absolute atomic E-state index is 0.239. The quantitative estimate of drug-likeness (QED) is 0.0216. The molecule has 8 N–H and O–H groups in total. The van der Waals surface area contributed by atoms with Crippen LogP contribution in [0.4, 0.5) is 0 Å². The number of aliphatic hydroxyl groups excluding tert-OH is 7. The lowest BCUT2D eigenvalue weighted by atomic mass is 9.98. The molecular weight excluding hydrogens is 823 g/mol. The fourth-order valence-corrected chi connectivity index (χ4v) is 8.17. The zero-order chi connectivity index (χ0) is 47.6. The van der Waals surface area contributed by atoms with Gasteiger partial charge in [0.25, 0.3) is 0 Å².